The number of allylic oxidation sites excluding steroid dienone is 1. The molecule has 1 amide bonds. The Hall–Kier alpha value is -2.81. The molecule has 0 bridgehead atoms. The second-order valence-corrected chi connectivity index (χ2v) is 5.22. The van der Waals surface area contributed by atoms with Crippen molar-refractivity contribution in [3.8, 4) is 0 Å². The molecule has 0 radical (unpaired) electrons. The number of rotatable bonds is 2. The van der Waals surface area contributed by atoms with Crippen molar-refractivity contribution in [2.45, 2.75) is 13.0 Å². The molecule has 0 saturated carbocycles. The van der Waals surface area contributed by atoms with E-state index in [1.165, 1.54) is 6.92 Å². The molecule has 0 spiro atoms. The van der Waals surface area contributed by atoms with Crippen molar-refractivity contribution >= 4 is 11.6 Å². The highest BCUT2D eigenvalue weighted by atomic mass is 16.3. The lowest BCUT2D eigenvalue weighted by Crippen LogP contribution is -2.37. The lowest BCUT2D eigenvalue weighted by molar-refractivity contribution is -0.115. The average Bonchev–Trinajstić information content (AvgIpc) is 2.55. The van der Waals surface area contributed by atoms with Crippen molar-refractivity contribution in [3.63, 3.8) is 0 Å². The third-order valence-electron chi connectivity index (χ3n) is 3.74. The number of hydrogen-bond acceptors (Lipinski definition) is 2. The maximum Gasteiger partial charge on any atom is 0.262 e. The number of carbonyl (C=O) groups is 1. The Labute approximate surface area is 129 Å². The Kier molecular flexibility index (Phi) is 3.79. The third kappa shape index (κ3) is 2.53. The summed E-state index contributed by atoms with van der Waals surface area (Å²) in [6.07, 6.45) is 3.65. The van der Waals surface area contributed by atoms with Crippen LogP contribution in [-0.4, -0.2) is 11.0 Å². The van der Waals surface area contributed by atoms with E-state index in [0.29, 0.717) is 5.57 Å². The first-order chi connectivity index (χ1) is 10.7. The van der Waals surface area contributed by atoms with Gasteiger partial charge < -0.3 is 5.11 Å². The fourth-order valence-electron chi connectivity index (χ4n) is 2.65. The molecule has 110 valence electrons. The highest BCUT2D eigenvalue weighted by molar-refractivity contribution is 6.09. The molecule has 1 aliphatic rings. The van der Waals surface area contributed by atoms with Crippen LogP contribution in [-0.2, 0) is 4.79 Å². The van der Waals surface area contributed by atoms with E-state index in [4.69, 9.17) is 0 Å². The molecular weight excluding hydrogens is 274 g/mol. The monoisotopic (exact) mass is 291 g/mol. The first kappa shape index (κ1) is 14.1. The smallest absolute Gasteiger partial charge is 0.262 e. The number of aliphatic hydroxyl groups is 1. The molecule has 1 heterocycles. The number of amides is 1. The summed E-state index contributed by atoms with van der Waals surface area (Å²) in [6.45, 7) is 1.53. The molecule has 0 fully saturated rings. The molecule has 0 aliphatic carbocycles. The summed E-state index contributed by atoms with van der Waals surface area (Å²) >= 11 is 0. The van der Waals surface area contributed by atoms with Crippen molar-refractivity contribution in [2.75, 3.05) is 4.90 Å². The fraction of sp³-hybridized carbons (Fsp3) is 0.105. The number of nitrogens with zero attached hydrogens (tertiary/aromatic N) is 1. The second kappa shape index (κ2) is 5.90. The number of carbonyl (C=O) groups excluding carboxylic acids is 1. The Morgan fingerprint density at radius 3 is 2.18 bits per heavy atom. The summed E-state index contributed by atoms with van der Waals surface area (Å²) in [4.78, 5) is 14.5. The topological polar surface area (TPSA) is 40.5 Å². The number of para-hydroxylation sites is 1. The van der Waals surface area contributed by atoms with E-state index in [1.54, 1.807) is 11.0 Å². The zero-order valence-corrected chi connectivity index (χ0v) is 12.3. The summed E-state index contributed by atoms with van der Waals surface area (Å²) < 4.78 is 0. The number of anilines is 1. The van der Waals surface area contributed by atoms with Gasteiger partial charge in [0.15, 0.2) is 0 Å². The van der Waals surface area contributed by atoms with E-state index in [1.807, 2.05) is 66.7 Å². The predicted molar refractivity (Wildman–Crippen MR) is 87.6 cm³/mol. The van der Waals surface area contributed by atoms with Crippen LogP contribution in [0.4, 0.5) is 5.69 Å². The summed E-state index contributed by atoms with van der Waals surface area (Å²) in [5.41, 5.74) is 2.17. The van der Waals surface area contributed by atoms with Gasteiger partial charge in [0.2, 0.25) is 0 Å². The summed E-state index contributed by atoms with van der Waals surface area (Å²) in [6, 6.07) is 19.2. The molecule has 2 aromatic carbocycles. The van der Waals surface area contributed by atoms with Gasteiger partial charge in [0.05, 0.1) is 11.6 Å². The quantitative estimate of drug-likeness (QED) is 0.666. The number of benzene rings is 2. The van der Waals surface area contributed by atoms with Gasteiger partial charge in [-0.2, -0.15) is 0 Å². The molecule has 1 aliphatic heterocycles. The van der Waals surface area contributed by atoms with Crippen molar-refractivity contribution in [1.82, 2.24) is 0 Å². The Morgan fingerprint density at radius 1 is 1.00 bits per heavy atom. The van der Waals surface area contributed by atoms with Crippen LogP contribution in [0.5, 0.6) is 0 Å². The molecule has 0 saturated heterocycles. The maximum atomic E-state index is 12.8. The van der Waals surface area contributed by atoms with Crippen LogP contribution in [0, 0.1) is 0 Å². The minimum atomic E-state index is -0.192. The van der Waals surface area contributed by atoms with E-state index in [9.17, 15) is 9.90 Å². The summed E-state index contributed by atoms with van der Waals surface area (Å²) in [5.74, 6) is -0.156. The first-order valence-electron chi connectivity index (χ1n) is 7.20. The molecular formula is C19H17NO2. The minimum Gasteiger partial charge on any atom is -0.512 e. The Balaban J connectivity index is 2.13. The van der Waals surface area contributed by atoms with Crippen LogP contribution in [0.2, 0.25) is 0 Å². The van der Waals surface area contributed by atoms with Crippen LogP contribution < -0.4 is 4.90 Å². The van der Waals surface area contributed by atoms with Gasteiger partial charge in [-0.05, 0) is 30.7 Å². The van der Waals surface area contributed by atoms with Crippen LogP contribution in [0.15, 0.2) is 84.1 Å². The van der Waals surface area contributed by atoms with Gasteiger partial charge in [0.25, 0.3) is 5.91 Å². The molecule has 1 N–H and O–H groups in total. The zero-order valence-electron chi connectivity index (χ0n) is 12.3. The van der Waals surface area contributed by atoms with E-state index in [-0.39, 0.29) is 17.7 Å². The van der Waals surface area contributed by atoms with Crippen LogP contribution in [0.25, 0.3) is 0 Å². The van der Waals surface area contributed by atoms with Crippen molar-refractivity contribution in [2.24, 2.45) is 0 Å². The van der Waals surface area contributed by atoms with Gasteiger partial charge in [-0.1, -0.05) is 54.6 Å². The van der Waals surface area contributed by atoms with Gasteiger partial charge in [-0.25, -0.2) is 0 Å². The molecule has 3 nitrogen and oxygen atoms in total. The molecule has 2 aromatic rings. The average molecular weight is 291 g/mol. The van der Waals surface area contributed by atoms with Gasteiger partial charge in [0.1, 0.15) is 5.76 Å². The van der Waals surface area contributed by atoms with E-state index < -0.39 is 0 Å². The predicted octanol–water partition coefficient (Wildman–Crippen LogP) is 4.16. The number of aliphatic hydroxyl groups excluding tert-OH is 1. The van der Waals surface area contributed by atoms with Crippen LogP contribution in [0.3, 0.4) is 0 Å². The highest BCUT2D eigenvalue weighted by Gasteiger charge is 2.31. The third-order valence-corrected chi connectivity index (χ3v) is 3.74. The standard InChI is InChI=1S/C19H17NO2/c1-14(21)17-12-13-18(15-8-4-2-5-9-15)20(19(17)22)16-10-6-3-7-11-16/h2-13,18,21H,1H3/b17-14-. The van der Waals surface area contributed by atoms with E-state index in [0.717, 1.165) is 11.3 Å². The molecule has 1 unspecified atom stereocenters. The van der Waals surface area contributed by atoms with Crippen LogP contribution >= 0.6 is 0 Å². The van der Waals surface area contributed by atoms with Crippen molar-refractivity contribution < 1.29 is 9.90 Å². The largest absolute Gasteiger partial charge is 0.512 e. The molecule has 0 aromatic heterocycles. The minimum absolute atomic E-state index is 0.0358. The van der Waals surface area contributed by atoms with Gasteiger partial charge in [0, 0.05) is 5.69 Å². The lowest BCUT2D eigenvalue weighted by Gasteiger charge is -2.33. The maximum absolute atomic E-state index is 12.8. The van der Waals surface area contributed by atoms with Crippen molar-refractivity contribution in [3.05, 3.63) is 89.7 Å². The molecule has 22 heavy (non-hydrogen) atoms. The van der Waals surface area contributed by atoms with Gasteiger partial charge in [-0.15, -0.1) is 0 Å². The second-order valence-electron chi connectivity index (χ2n) is 5.22. The Bertz CT molecular complexity index is 729. The lowest BCUT2D eigenvalue weighted by atomic mass is 9.97. The SMILES string of the molecule is C/C(O)=C1\C=CC(c2ccccc2)N(c2ccccc2)C1=O. The molecule has 1 atom stereocenters. The zero-order chi connectivity index (χ0) is 15.5. The van der Waals surface area contributed by atoms with Gasteiger partial charge >= 0.3 is 0 Å². The Morgan fingerprint density at radius 2 is 1.59 bits per heavy atom. The summed E-state index contributed by atoms with van der Waals surface area (Å²) in [7, 11) is 0. The van der Waals surface area contributed by atoms with E-state index >= 15 is 0 Å². The molecule has 3 rings (SSSR count). The summed E-state index contributed by atoms with van der Waals surface area (Å²) in [5, 5.41) is 9.75. The van der Waals surface area contributed by atoms with Crippen molar-refractivity contribution in [1.29, 1.82) is 0 Å². The highest BCUT2D eigenvalue weighted by Crippen LogP contribution is 2.34. The van der Waals surface area contributed by atoms with Crippen LogP contribution in [0.1, 0.15) is 18.5 Å². The fourth-order valence-corrected chi connectivity index (χ4v) is 2.65. The number of hydrogen-bond donors (Lipinski definition) is 1. The molecule has 3 heteroatoms. The van der Waals surface area contributed by atoms with E-state index in [2.05, 4.69) is 0 Å². The van der Waals surface area contributed by atoms with Gasteiger partial charge in [-0.3, -0.25) is 9.69 Å². The first-order valence-corrected chi connectivity index (χ1v) is 7.20. The normalized spacial score (nSPS) is 20.1.